The zero-order chi connectivity index (χ0) is 22.2. The topological polar surface area (TPSA) is 69.0 Å². The summed E-state index contributed by atoms with van der Waals surface area (Å²) in [6, 6.07) is 15.9. The van der Waals surface area contributed by atoms with Crippen molar-refractivity contribution < 1.29 is 9.53 Å². The molecule has 0 fully saturated rings. The fraction of sp³-hybridized carbons (Fsp3) is 0.375. The summed E-state index contributed by atoms with van der Waals surface area (Å²) in [5, 5.41) is 12.3. The zero-order valence-corrected chi connectivity index (χ0v) is 19.4. The summed E-state index contributed by atoms with van der Waals surface area (Å²) in [5.41, 5.74) is 3.15. The van der Waals surface area contributed by atoms with Gasteiger partial charge in [0.05, 0.1) is 5.75 Å². The Morgan fingerprint density at radius 2 is 1.87 bits per heavy atom. The van der Waals surface area contributed by atoms with Gasteiger partial charge in [0.1, 0.15) is 12.4 Å². The number of ether oxygens (including phenoxy) is 1. The first-order valence-electron chi connectivity index (χ1n) is 10.6. The lowest BCUT2D eigenvalue weighted by Gasteiger charge is -2.13. The lowest BCUT2D eigenvalue weighted by molar-refractivity contribution is -0.113. The molecule has 1 aromatic heterocycles. The molecular formula is C24H30N4O2S. The molecule has 0 unspecified atom stereocenters. The molecule has 164 valence electrons. The molecule has 31 heavy (non-hydrogen) atoms. The molecule has 0 saturated carbocycles. The number of aromatic nitrogens is 3. The van der Waals surface area contributed by atoms with Gasteiger partial charge in [-0.25, -0.2) is 0 Å². The minimum Gasteiger partial charge on any atom is -0.486 e. The van der Waals surface area contributed by atoms with Crippen LogP contribution in [0.3, 0.4) is 0 Å². The van der Waals surface area contributed by atoms with E-state index < -0.39 is 0 Å². The highest BCUT2D eigenvalue weighted by molar-refractivity contribution is 7.99. The van der Waals surface area contributed by atoms with Crippen molar-refractivity contribution in [2.45, 2.75) is 52.4 Å². The highest BCUT2D eigenvalue weighted by Gasteiger charge is 2.16. The minimum atomic E-state index is -0.0628. The summed E-state index contributed by atoms with van der Waals surface area (Å²) in [5.74, 6) is 2.19. The van der Waals surface area contributed by atoms with Crippen LogP contribution in [0.25, 0.3) is 0 Å². The van der Waals surface area contributed by atoms with Gasteiger partial charge in [-0.3, -0.25) is 4.79 Å². The average molecular weight is 439 g/mol. The van der Waals surface area contributed by atoms with E-state index in [0.29, 0.717) is 12.5 Å². The molecule has 0 aliphatic heterocycles. The molecule has 0 bridgehead atoms. The van der Waals surface area contributed by atoms with Crippen molar-refractivity contribution in [1.82, 2.24) is 14.8 Å². The summed E-state index contributed by atoms with van der Waals surface area (Å²) in [4.78, 5) is 12.4. The highest BCUT2D eigenvalue weighted by atomic mass is 32.2. The van der Waals surface area contributed by atoms with Crippen LogP contribution in [-0.4, -0.2) is 26.4 Å². The van der Waals surface area contributed by atoms with Gasteiger partial charge in [0.15, 0.2) is 11.0 Å². The molecule has 3 rings (SSSR count). The normalized spacial score (nSPS) is 11.0. The van der Waals surface area contributed by atoms with Crippen LogP contribution in [0.4, 0.5) is 5.69 Å². The van der Waals surface area contributed by atoms with Gasteiger partial charge in [-0.05, 0) is 48.6 Å². The first-order valence-corrected chi connectivity index (χ1v) is 11.6. The molecule has 0 atom stereocenters. The minimum absolute atomic E-state index is 0.0628. The molecule has 1 N–H and O–H groups in total. The van der Waals surface area contributed by atoms with Crippen molar-refractivity contribution in [2.24, 2.45) is 5.92 Å². The monoisotopic (exact) mass is 438 g/mol. The Kier molecular flexibility index (Phi) is 8.12. The predicted molar refractivity (Wildman–Crippen MR) is 126 cm³/mol. The van der Waals surface area contributed by atoms with Crippen molar-refractivity contribution in [3.63, 3.8) is 0 Å². The number of para-hydroxylation sites is 1. The average Bonchev–Trinajstić information content (AvgIpc) is 3.13. The zero-order valence-electron chi connectivity index (χ0n) is 18.6. The Hall–Kier alpha value is -2.80. The molecule has 0 spiro atoms. The van der Waals surface area contributed by atoms with Gasteiger partial charge in [-0.1, -0.05) is 62.9 Å². The fourth-order valence-electron chi connectivity index (χ4n) is 3.08. The molecule has 1 amide bonds. The molecule has 0 saturated heterocycles. The second-order valence-electron chi connectivity index (χ2n) is 7.84. The van der Waals surface area contributed by atoms with E-state index in [1.165, 1.54) is 17.3 Å². The number of aryl methyl sites for hydroxylation is 2. The Labute approximate surface area is 188 Å². The lowest BCUT2D eigenvalue weighted by Crippen LogP contribution is -2.16. The second-order valence-corrected chi connectivity index (χ2v) is 8.78. The predicted octanol–water partition coefficient (Wildman–Crippen LogP) is 5.11. The molecule has 7 heteroatoms. The lowest BCUT2D eigenvalue weighted by atomic mass is 10.2. The number of anilines is 1. The third kappa shape index (κ3) is 6.59. The summed E-state index contributed by atoms with van der Waals surface area (Å²) in [6.45, 7) is 9.50. The molecule has 0 radical (unpaired) electrons. The number of benzene rings is 2. The first kappa shape index (κ1) is 22.9. The summed E-state index contributed by atoms with van der Waals surface area (Å²) in [6.07, 6.45) is 1.00. The van der Waals surface area contributed by atoms with Crippen LogP contribution in [0.2, 0.25) is 0 Å². The molecule has 0 aliphatic carbocycles. The van der Waals surface area contributed by atoms with Crippen molar-refractivity contribution in [3.05, 3.63) is 65.5 Å². The van der Waals surface area contributed by atoms with E-state index in [9.17, 15) is 4.79 Å². The number of hydrogen-bond donors (Lipinski definition) is 1. The number of nitrogens with one attached hydrogen (secondary N) is 1. The Morgan fingerprint density at radius 3 is 2.55 bits per heavy atom. The quantitative estimate of drug-likeness (QED) is 0.445. The van der Waals surface area contributed by atoms with Gasteiger partial charge in [0.2, 0.25) is 5.91 Å². The summed E-state index contributed by atoms with van der Waals surface area (Å²) < 4.78 is 7.99. The molecular weight excluding hydrogens is 408 g/mol. The summed E-state index contributed by atoms with van der Waals surface area (Å²) >= 11 is 1.39. The van der Waals surface area contributed by atoms with Gasteiger partial charge >= 0.3 is 0 Å². The molecule has 1 heterocycles. The van der Waals surface area contributed by atoms with E-state index in [4.69, 9.17) is 4.74 Å². The number of carbonyl (C=O) groups excluding carboxylic acids is 1. The van der Waals surface area contributed by atoms with E-state index in [-0.39, 0.29) is 11.7 Å². The Morgan fingerprint density at radius 1 is 1.13 bits per heavy atom. The van der Waals surface area contributed by atoms with E-state index in [1.54, 1.807) is 0 Å². The van der Waals surface area contributed by atoms with Crippen LogP contribution < -0.4 is 10.1 Å². The van der Waals surface area contributed by atoms with Gasteiger partial charge in [0.25, 0.3) is 0 Å². The maximum Gasteiger partial charge on any atom is 0.234 e. The van der Waals surface area contributed by atoms with Crippen molar-refractivity contribution in [3.8, 4) is 5.75 Å². The number of carbonyl (C=O) groups is 1. The summed E-state index contributed by atoms with van der Waals surface area (Å²) in [7, 11) is 0. The van der Waals surface area contributed by atoms with Gasteiger partial charge < -0.3 is 14.6 Å². The van der Waals surface area contributed by atoms with Crippen molar-refractivity contribution in [2.75, 3.05) is 11.1 Å². The molecule has 3 aromatic rings. The van der Waals surface area contributed by atoms with Gasteiger partial charge in [0, 0.05) is 12.2 Å². The third-order valence-corrected chi connectivity index (χ3v) is 5.76. The molecule has 0 aliphatic rings. The standard InChI is InChI=1S/C24H30N4O2S/c1-5-19-10-12-20(13-11-19)30-15-22-26-27-24(28(22)14-17(2)3)31-16-23(29)25-21-9-7-6-8-18(21)4/h6-13,17H,5,14-16H2,1-4H3,(H,25,29). The van der Waals surface area contributed by atoms with E-state index in [2.05, 4.69) is 53.0 Å². The van der Waals surface area contributed by atoms with Gasteiger partial charge in [-0.15, -0.1) is 10.2 Å². The highest BCUT2D eigenvalue weighted by Crippen LogP contribution is 2.21. The largest absolute Gasteiger partial charge is 0.486 e. The fourth-order valence-corrected chi connectivity index (χ4v) is 3.85. The number of nitrogens with zero attached hydrogens (tertiary/aromatic N) is 3. The molecule has 2 aromatic carbocycles. The molecule has 6 nitrogen and oxygen atoms in total. The SMILES string of the molecule is CCc1ccc(OCc2nnc(SCC(=O)Nc3ccccc3C)n2CC(C)C)cc1. The number of rotatable bonds is 10. The van der Waals surface area contributed by atoms with Crippen molar-refractivity contribution in [1.29, 1.82) is 0 Å². The Bertz CT molecular complexity index is 999. The van der Waals surface area contributed by atoms with Crippen LogP contribution in [-0.2, 0) is 24.4 Å². The van der Waals surface area contributed by atoms with E-state index in [0.717, 1.165) is 40.9 Å². The van der Waals surface area contributed by atoms with Crippen LogP contribution in [0, 0.1) is 12.8 Å². The first-order chi connectivity index (χ1) is 15.0. The Balaban J connectivity index is 1.63. The van der Waals surface area contributed by atoms with Crippen molar-refractivity contribution >= 4 is 23.4 Å². The van der Waals surface area contributed by atoms with Crippen LogP contribution in [0.1, 0.15) is 37.7 Å². The van der Waals surface area contributed by atoms with Crippen LogP contribution in [0.5, 0.6) is 5.75 Å². The van der Waals surface area contributed by atoms with Gasteiger partial charge in [-0.2, -0.15) is 0 Å². The number of hydrogen-bond acceptors (Lipinski definition) is 5. The number of thioether (sulfide) groups is 1. The van der Waals surface area contributed by atoms with E-state index in [1.807, 2.05) is 43.3 Å². The third-order valence-electron chi connectivity index (χ3n) is 4.79. The number of amides is 1. The van der Waals surface area contributed by atoms with Crippen LogP contribution >= 0.6 is 11.8 Å². The maximum atomic E-state index is 12.4. The smallest absolute Gasteiger partial charge is 0.234 e. The van der Waals surface area contributed by atoms with Crippen LogP contribution in [0.15, 0.2) is 53.7 Å². The maximum absolute atomic E-state index is 12.4. The second kappa shape index (κ2) is 11.0. The van der Waals surface area contributed by atoms with E-state index >= 15 is 0 Å².